The van der Waals surface area contributed by atoms with Crippen molar-refractivity contribution in [3.63, 3.8) is 0 Å². The maximum atomic E-state index is 9.13. The van der Waals surface area contributed by atoms with E-state index in [0.29, 0.717) is 16.4 Å². The van der Waals surface area contributed by atoms with Crippen LogP contribution in [0.15, 0.2) is 18.2 Å². The minimum Gasteiger partial charge on any atom is -0.384 e. The smallest absolute Gasteiger partial charge is 0.126 e. The molecule has 5 heteroatoms. The van der Waals surface area contributed by atoms with Crippen molar-refractivity contribution in [3.05, 3.63) is 43.6 Å². The molecule has 1 aromatic heterocycles. The van der Waals surface area contributed by atoms with E-state index in [1.54, 1.807) is 0 Å². The number of benzene rings is 1. The van der Waals surface area contributed by atoms with Gasteiger partial charge < -0.3 is 5.73 Å². The van der Waals surface area contributed by atoms with Gasteiger partial charge in [-0.2, -0.15) is 5.26 Å². The first-order valence-corrected chi connectivity index (χ1v) is 6.76. The molecule has 0 aliphatic rings. The van der Waals surface area contributed by atoms with Crippen molar-refractivity contribution in [2.24, 2.45) is 0 Å². The summed E-state index contributed by atoms with van der Waals surface area (Å²) in [5.74, 6) is 0.441. The topological polar surface area (TPSA) is 54.7 Å². The van der Waals surface area contributed by atoms with E-state index in [9.17, 15) is 0 Å². The second-order valence-corrected chi connectivity index (χ2v) is 5.67. The molecule has 0 fully saturated rings. The first kappa shape index (κ1) is 13.2. The maximum Gasteiger partial charge on any atom is 0.126 e. The number of anilines is 1. The van der Waals surface area contributed by atoms with Crippen molar-refractivity contribution < 1.29 is 0 Å². The van der Waals surface area contributed by atoms with Gasteiger partial charge in [0.05, 0.1) is 16.3 Å². The number of nitriles is 1. The van der Waals surface area contributed by atoms with E-state index in [1.165, 1.54) is 0 Å². The van der Waals surface area contributed by atoms with Gasteiger partial charge in [-0.1, -0.05) is 11.6 Å². The van der Waals surface area contributed by atoms with E-state index in [1.807, 2.05) is 36.6 Å². The number of nitrogen functional groups attached to an aromatic ring is 1. The number of aromatic nitrogens is 1. The van der Waals surface area contributed by atoms with E-state index in [0.717, 1.165) is 20.5 Å². The minimum absolute atomic E-state index is 0.441. The van der Waals surface area contributed by atoms with Crippen LogP contribution in [0.1, 0.15) is 16.8 Å². The lowest BCUT2D eigenvalue weighted by Gasteiger charge is -2.11. The Bertz CT molecular complexity index is 668. The van der Waals surface area contributed by atoms with Crippen molar-refractivity contribution in [1.82, 2.24) is 4.57 Å². The van der Waals surface area contributed by atoms with Gasteiger partial charge in [0.15, 0.2) is 0 Å². The molecule has 0 amide bonds. The molecule has 0 radical (unpaired) electrons. The number of nitrogens with two attached hydrogens (primary N) is 1. The monoisotopic (exact) mass is 371 g/mol. The van der Waals surface area contributed by atoms with Crippen LogP contribution in [0, 0.1) is 28.7 Å². The Hall–Kier alpha value is -1.19. The number of hydrogen-bond donors (Lipinski definition) is 1. The van der Waals surface area contributed by atoms with Crippen LogP contribution < -0.4 is 5.73 Å². The highest BCUT2D eigenvalue weighted by molar-refractivity contribution is 14.1. The maximum absolute atomic E-state index is 9.13. The van der Waals surface area contributed by atoms with Crippen molar-refractivity contribution in [2.75, 3.05) is 5.73 Å². The van der Waals surface area contributed by atoms with Gasteiger partial charge in [-0.3, -0.25) is 4.57 Å². The molecule has 1 aromatic carbocycles. The van der Waals surface area contributed by atoms with Crippen molar-refractivity contribution in [1.29, 1.82) is 5.26 Å². The zero-order valence-corrected chi connectivity index (χ0v) is 12.9. The van der Waals surface area contributed by atoms with Crippen LogP contribution in [0.2, 0.25) is 5.02 Å². The van der Waals surface area contributed by atoms with Gasteiger partial charge in [0.2, 0.25) is 0 Å². The van der Waals surface area contributed by atoms with Crippen LogP contribution in [0.5, 0.6) is 0 Å². The molecule has 2 rings (SSSR count). The Labute approximate surface area is 124 Å². The minimum atomic E-state index is 0.441. The first-order valence-electron chi connectivity index (χ1n) is 5.30. The average molecular weight is 372 g/mol. The van der Waals surface area contributed by atoms with E-state index < -0.39 is 0 Å². The standard InChI is InChI=1S/C13H11ClIN3/c1-7-8(2)18(13(17)10(7)6-16)12-5-9(15)3-4-11(12)14/h3-5H,17H2,1-2H3. The lowest BCUT2D eigenvalue weighted by atomic mass is 10.2. The highest BCUT2D eigenvalue weighted by atomic mass is 127. The van der Waals surface area contributed by atoms with E-state index in [-0.39, 0.29) is 0 Å². The lowest BCUT2D eigenvalue weighted by molar-refractivity contribution is 1.01. The van der Waals surface area contributed by atoms with E-state index in [2.05, 4.69) is 28.7 Å². The molecule has 0 spiro atoms. The number of nitrogens with zero attached hydrogens (tertiary/aromatic N) is 2. The Morgan fingerprint density at radius 2 is 2.06 bits per heavy atom. The van der Waals surface area contributed by atoms with Crippen molar-refractivity contribution >= 4 is 40.0 Å². The van der Waals surface area contributed by atoms with Gasteiger partial charge in [-0.05, 0) is 60.2 Å². The highest BCUT2D eigenvalue weighted by Gasteiger charge is 2.17. The zero-order valence-electron chi connectivity index (χ0n) is 9.96. The molecule has 0 saturated heterocycles. The summed E-state index contributed by atoms with van der Waals surface area (Å²) in [6.45, 7) is 3.82. The third-order valence-electron chi connectivity index (χ3n) is 3.01. The molecule has 1 heterocycles. The second kappa shape index (κ2) is 4.82. The molecule has 0 aliphatic heterocycles. The summed E-state index contributed by atoms with van der Waals surface area (Å²) in [7, 11) is 0. The molecule has 0 aliphatic carbocycles. The largest absolute Gasteiger partial charge is 0.384 e. The fourth-order valence-electron chi connectivity index (χ4n) is 1.94. The van der Waals surface area contributed by atoms with Gasteiger partial charge >= 0.3 is 0 Å². The van der Waals surface area contributed by atoms with Crippen LogP contribution in [-0.4, -0.2) is 4.57 Å². The number of hydrogen-bond acceptors (Lipinski definition) is 2. The SMILES string of the molecule is Cc1c(C#N)c(N)n(-c2cc(I)ccc2Cl)c1C. The van der Waals surface area contributed by atoms with Gasteiger partial charge in [-0.25, -0.2) is 0 Å². The summed E-state index contributed by atoms with van der Waals surface area (Å²) in [5.41, 5.74) is 9.20. The molecule has 92 valence electrons. The Kier molecular flexibility index (Phi) is 3.55. The quantitative estimate of drug-likeness (QED) is 0.775. The van der Waals surface area contributed by atoms with Crippen molar-refractivity contribution in [3.8, 4) is 11.8 Å². The Morgan fingerprint density at radius 1 is 1.39 bits per heavy atom. The van der Waals surface area contributed by atoms with Gasteiger partial charge in [0, 0.05) is 9.26 Å². The molecular weight excluding hydrogens is 361 g/mol. The van der Waals surface area contributed by atoms with Gasteiger partial charge in [0.1, 0.15) is 11.9 Å². The Morgan fingerprint density at radius 3 is 2.61 bits per heavy atom. The lowest BCUT2D eigenvalue weighted by Crippen LogP contribution is -2.03. The molecular formula is C13H11ClIN3. The fourth-order valence-corrected chi connectivity index (χ4v) is 2.62. The van der Waals surface area contributed by atoms with Crippen LogP contribution in [0.3, 0.4) is 0 Å². The van der Waals surface area contributed by atoms with Crippen LogP contribution in [-0.2, 0) is 0 Å². The first-order chi connectivity index (χ1) is 8.47. The van der Waals surface area contributed by atoms with E-state index in [4.69, 9.17) is 22.6 Å². The van der Waals surface area contributed by atoms with Crippen LogP contribution >= 0.6 is 34.2 Å². The van der Waals surface area contributed by atoms with Gasteiger partial charge in [-0.15, -0.1) is 0 Å². The molecule has 2 aromatic rings. The number of halogens is 2. The molecule has 0 saturated carbocycles. The summed E-state index contributed by atoms with van der Waals surface area (Å²) < 4.78 is 2.90. The van der Waals surface area contributed by atoms with E-state index >= 15 is 0 Å². The molecule has 0 bridgehead atoms. The molecule has 0 unspecified atom stereocenters. The van der Waals surface area contributed by atoms with Crippen LogP contribution in [0.4, 0.5) is 5.82 Å². The predicted molar refractivity (Wildman–Crippen MR) is 82.1 cm³/mol. The summed E-state index contributed by atoms with van der Waals surface area (Å²) in [6.07, 6.45) is 0. The molecule has 3 nitrogen and oxygen atoms in total. The summed E-state index contributed by atoms with van der Waals surface area (Å²) in [6, 6.07) is 7.85. The highest BCUT2D eigenvalue weighted by Crippen LogP contribution is 2.31. The van der Waals surface area contributed by atoms with Crippen molar-refractivity contribution in [2.45, 2.75) is 13.8 Å². The average Bonchev–Trinajstić information content (AvgIpc) is 2.54. The molecule has 2 N–H and O–H groups in total. The summed E-state index contributed by atoms with van der Waals surface area (Å²) >= 11 is 8.44. The third kappa shape index (κ3) is 1.98. The normalized spacial score (nSPS) is 10.4. The second-order valence-electron chi connectivity index (χ2n) is 4.01. The van der Waals surface area contributed by atoms with Crippen LogP contribution in [0.25, 0.3) is 5.69 Å². The predicted octanol–water partition coefficient (Wildman–Crippen LogP) is 3.81. The molecule has 0 atom stereocenters. The zero-order chi connectivity index (χ0) is 13.4. The van der Waals surface area contributed by atoms with Gasteiger partial charge in [0.25, 0.3) is 0 Å². The summed E-state index contributed by atoms with van der Waals surface area (Å²) in [5, 5.41) is 9.75. The molecule has 18 heavy (non-hydrogen) atoms. The third-order valence-corrected chi connectivity index (χ3v) is 4.00. The number of rotatable bonds is 1. The Balaban J connectivity index is 2.80. The fraction of sp³-hybridized carbons (Fsp3) is 0.154. The summed E-state index contributed by atoms with van der Waals surface area (Å²) in [4.78, 5) is 0.